The third-order valence-electron chi connectivity index (χ3n) is 6.45. The van der Waals surface area contributed by atoms with E-state index < -0.39 is 0 Å². The van der Waals surface area contributed by atoms with Crippen LogP contribution in [0.3, 0.4) is 0 Å². The summed E-state index contributed by atoms with van der Waals surface area (Å²) in [5, 5.41) is 3.00. The number of aryl methyl sites for hydroxylation is 1. The number of likely N-dealkylation sites (tertiary alicyclic amines) is 1. The predicted molar refractivity (Wildman–Crippen MR) is 114 cm³/mol. The number of hydrogen-bond donors (Lipinski definition) is 2. The molecule has 1 aliphatic carbocycles. The molecular weight excluding hydrogens is 366 g/mol. The van der Waals surface area contributed by atoms with Crippen LogP contribution >= 0.6 is 0 Å². The highest BCUT2D eigenvalue weighted by Crippen LogP contribution is 2.33. The van der Waals surface area contributed by atoms with E-state index in [1.54, 1.807) is 0 Å². The van der Waals surface area contributed by atoms with Gasteiger partial charge in [-0.15, -0.1) is 0 Å². The first-order valence-corrected chi connectivity index (χ1v) is 10.8. The number of imidazole rings is 1. The fraction of sp³-hybridized carbons (Fsp3) is 0.591. The monoisotopic (exact) mass is 397 g/mol. The first-order valence-electron chi connectivity index (χ1n) is 10.8. The second-order valence-corrected chi connectivity index (χ2v) is 8.53. The van der Waals surface area contributed by atoms with Crippen molar-refractivity contribution in [2.75, 3.05) is 25.0 Å². The molecule has 1 saturated carbocycles. The molecule has 1 saturated heterocycles. The summed E-state index contributed by atoms with van der Waals surface area (Å²) < 4.78 is 2.38. The lowest BCUT2D eigenvalue weighted by Crippen LogP contribution is -2.42. The highest BCUT2D eigenvalue weighted by atomic mass is 16.2. The summed E-state index contributed by atoms with van der Waals surface area (Å²) in [6, 6.07) is 6.56. The molecule has 1 aromatic carbocycles. The van der Waals surface area contributed by atoms with Gasteiger partial charge < -0.3 is 15.6 Å². The van der Waals surface area contributed by atoms with Crippen LogP contribution in [-0.2, 0) is 9.59 Å². The number of carbonyl (C=O) groups excluding carboxylic acids is 2. The Morgan fingerprint density at radius 2 is 1.86 bits per heavy atom. The van der Waals surface area contributed by atoms with E-state index in [1.165, 1.54) is 32.1 Å². The highest BCUT2D eigenvalue weighted by Gasteiger charge is 2.24. The standard InChI is InChI=1S/C22H31N5O2/c1-15-24-19-13-17(7-8-20(19)27(15)18-5-3-2-4-6-18)25-21(28)14-26-11-9-16(10-12-26)22(23)29/h7-8,13,16,18H,2-6,9-12,14H2,1H3,(H2,23,29)(H,25,28). The second kappa shape index (κ2) is 8.53. The Bertz CT molecular complexity index is 892. The summed E-state index contributed by atoms with van der Waals surface area (Å²) in [6.07, 6.45) is 7.80. The van der Waals surface area contributed by atoms with Gasteiger partial charge in [-0.1, -0.05) is 19.3 Å². The Kier molecular flexibility index (Phi) is 5.85. The molecule has 2 fully saturated rings. The number of nitrogens with zero attached hydrogens (tertiary/aromatic N) is 3. The van der Waals surface area contributed by atoms with E-state index in [-0.39, 0.29) is 17.7 Å². The Balaban J connectivity index is 1.40. The summed E-state index contributed by atoms with van der Waals surface area (Å²) >= 11 is 0. The number of primary amides is 1. The normalized spacial score (nSPS) is 19.5. The number of piperidine rings is 1. The van der Waals surface area contributed by atoms with Crippen molar-refractivity contribution in [3.63, 3.8) is 0 Å². The van der Waals surface area contributed by atoms with E-state index in [4.69, 9.17) is 10.7 Å². The van der Waals surface area contributed by atoms with E-state index in [0.717, 1.165) is 48.5 Å². The van der Waals surface area contributed by atoms with Gasteiger partial charge in [-0.2, -0.15) is 0 Å². The molecule has 0 radical (unpaired) electrons. The van der Waals surface area contributed by atoms with Crippen molar-refractivity contribution in [3.05, 3.63) is 24.0 Å². The second-order valence-electron chi connectivity index (χ2n) is 8.53. The van der Waals surface area contributed by atoms with E-state index in [9.17, 15) is 9.59 Å². The third-order valence-corrected chi connectivity index (χ3v) is 6.45. The maximum atomic E-state index is 12.5. The van der Waals surface area contributed by atoms with Crippen LogP contribution in [-0.4, -0.2) is 45.9 Å². The molecule has 7 heteroatoms. The van der Waals surface area contributed by atoms with Crippen LogP contribution < -0.4 is 11.1 Å². The minimum atomic E-state index is -0.231. The molecule has 0 bridgehead atoms. The number of nitrogens with one attached hydrogen (secondary N) is 1. The lowest BCUT2D eigenvalue weighted by atomic mass is 9.95. The first-order chi connectivity index (χ1) is 14.0. The minimum Gasteiger partial charge on any atom is -0.369 e. The third kappa shape index (κ3) is 4.45. The summed E-state index contributed by atoms with van der Waals surface area (Å²) in [5.41, 5.74) is 8.25. The summed E-state index contributed by atoms with van der Waals surface area (Å²) in [4.78, 5) is 30.6. The number of fused-ring (bicyclic) bond motifs is 1. The van der Waals surface area contributed by atoms with E-state index >= 15 is 0 Å². The molecule has 0 spiro atoms. The fourth-order valence-electron chi connectivity index (χ4n) is 4.88. The van der Waals surface area contributed by atoms with Crippen molar-refractivity contribution in [3.8, 4) is 0 Å². The zero-order valence-corrected chi connectivity index (χ0v) is 17.2. The Hall–Kier alpha value is -2.41. The smallest absolute Gasteiger partial charge is 0.238 e. The Labute approximate surface area is 171 Å². The average molecular weight is 398 g/mol. The number of amides is 2. The van der Waals surface area contributed by atoms with Crippen LogP contribution in [0.15, 0.2) is 18.2 Å². The van der Waals surface area contributed by atoms with Crippen molar-refractivity contribution in [1.29, 1.82) is 0 Å². The molecule has 7 nitrogen and oxygen atoms in total. The molecule has 4 rings (SSSR count). The topological polar surface area (TPSA) is 93.2 Å². The van der Waals surface area contributed by atoms with Crippen molar-refractivity contribution >= 4 is 28.5 Å². The van der Waals surface area contributed by atoms with Crippen molar-refractivity contribution < 1.29 is 9.59 Å². The molecule has 3 N–H and O–H groups in total. The molecule has 29 heavy (non-hydrogen) atoms. The van der Waals surface area contributed by atoms with E-state index in [2.05, 4.69) is 27.8 Å². The number of benzene rings is 1. The van der Waals surface area contributed by atoms with Gasteiger partial charge in [0.05, 0.1) is 17.6 Å². The van der Waals surface area contributed by atoms with Gasteiger partial charge in [-0.3, -0.25) is 14.5 Å². The molecule has 2 heterocycles. The van der Waals surface area contributed by atoms with E-state index in [0.29, 0.717) is 12.6 Å². The maximum absolute atomic E-state index is 12.5. The molecule has 2 amide bonds. The summed E-state index contributed by atoms with van der Waals surface area (Å²) in [5.74, 6) is 0.725. The Morgan fingerprint density at radius 3 is 2.55 bits per heavy atom. The quantitative estimate of drug-likeness (QED) is 0.811. The van der Waals surface area contributed by atoms with Gasteiger partial charge in [-0.05, 0) is 63.9 Å². The van der Waals surface area contributed by atoms with Crippen LogP contribution in [0.4, 0.5) is 5.69 Å². The number of hydrogen-bond acceptors (Lipinski definition) is 4. The van der Waals surface area contributed by atoms with Crippen molar-refractivity contribution in [1.82, 2.24) is 14.5 Å². The molecular formula is C22H31N5O2. The number of anilines is 1. The number of rotatable bonds is 5. The van der Waals surface area contributed by atoms with Crippen LogP contribution in [0, 0.1) is 12.8 Å². The molecule has 156 valence electrons. The maximum Gasteiger partial charge on any atom is 0.238 e. The molecule has 0 atom stereocenters. The van der Waals surface area contributed by atoms with Gasteiger partial charge in [0.15, 0.2) is 0 Å². The summed E-state index contributed by atoms with van der Waals surface area (Å²) in [6.45, 7) is 3.86. The fourth-order valence-corrected chi connectivity index (χ4v) is 4.88. The molecule has 1 aliphatic heterocycles. The lowest BCUT2D eigenvalue weighted by molar-refractivity contribution is -0.123. The summed E-state index contributed by atoms with van der Waals surface area (Å²) in [7, 11) is 0. The number of aromatic nitrogens is 2. The van der Waals surface area contributed by atoms with Crippen LogP contribution in [0.1, 0.15) is 56.8 Å². The van der Waals surface area contributed by atoms with Crippen molar-refractivity contribution in [2.24, 2.45) is 11.7 Å². The van der Waals surface area contributed by atoms with Gasteiger partial charge >= 0.3 is 0 Å². The molecule has 1 aromatic heterocycles. The van der Waals surface area contributed by atoms with Crippen LogP contribution in [0.5, 0.6) is 0 Å². The van der Waals surface area contributed by atoms with Gasteiger partial charge in [0.2, 0.25) is 11.8 Å². The van der Waals surface area contributed by atoms with Gasteiger partial charge in [-0.25, -0.2) is 4.98 Å². The SMILES string of the molecule is Cc1nc2cc(NC(=O)CN3CCC(C(N)=O)CC3)ccc2n1C1CCCCC1. The zero-order chi connectivity index (χ0) is 20.4. The highest BCUT2D eigenvalue weighted by molar-refractivity contribution is 5.94. The molecule has 0 unspecified atom stereocenters. The predicted octanol–water partition coefficient (Wildman–Crippen LogP) is 2.99. The van der Waals surface area contributed by atoms with Gasteiger partial charge in [0.25, 0.3) is 0 Å². The van der Waals surface area contributed by atoms with E-state index in [1.807, 2.05) is 12.1 Å². The average Bonchev–Trinajstić information content (AvgIpc) is 3.04. The van der Waals surface area contributed by atoms with Gasteiger partial charge in [0, 0.05) is 17.6 Å². The first kappa shape index (κ1) is 19.9. The number of carbonyl (C=O) groups is 2. The van der Waals surface area contributed by atoms with Crippen LogP contribution in [0.25, 0.3) is 11.0 Å². The number of nitrogens with two attached hydrogens (primary N) is 1. The zero-order valence-electron chi connectivity index (χ0n) is 17.2. The lowest BCUT2D eigenvalue weighted by Gasteiger charge is -2.29. The Morgan fingerprint density at radius 1 is 1.14 bits per heavy atom. The minimum absolute atomic E-state index is 0.0367. The largest absolute Gasteiger partial charge is 0.369 e. The van der Waals surface area contributed by atoms with Gasteiger partial charge in [0.1, 0.15) is 5.82 Å². The van der Waals surface area contributed by atoms with Crippen molar-refractivity contribution in [2.45, 2.75) is 57.9 Å². The molecule has 2 aromatic rings. The molecule has 2 aliphatic rings. The van der Waals surface area contributed by atoms with Crippen LogP contribution in [0.2, 0.25) is 0 Å².